The van der Waals surface area contributed by atoms with Gasteiger partial charge >= 0.3 is 12.1 Å². The van der Waals surface area contributed by atoms with Crippen LogP contribution in [0.15, 0.2) is 48.8 Å². The van der Waals surface area contributed by atoms with Crippen molar-refractivity contribution in [3.05, 3.63) is 59.9 Å². The molecule has 2 aliphatic heterocycles. The number of aromatic nitrogens is 3. The molecule has 4 heterocycles. The summed E-state index contributed by atoms with van der Waals surface area (Å²) in [5.74, 6) is -2.23. The first-order valence-corrected chi connectivity index (χ1v) is 12.4. The van der Waals surface area contributed by atoms with E-state index in [0.29, 0.717) is 37.8 Å². The van der Waals surface area contributed by atoms with E-state index in [1.54, 1.807) is 18.3 Å². The molecule has 0 aliphatic carbocycles. The Hall–Kier alpha value is -4.79. The predicted molar refractivity (Wildman–Crippen MR) is 141 cm³/mol. The Morgan fingerprint density at radius 1 is 1.07 bits per heavy atom. The number of fused-ring (bicyclic) bond motifs is 1. The van der Waals surface area contributed by atoms with Gasteiger partial charge in [-0.1, -0.05) is 12.1 Å². The van der Waals surface area contributed by atoms with Gasteiger partial charge in [-0.05, 0) is 30.7 Å². The number of anilines is 3. The molecular formula is C26H26F3N7O5. The molecule has 0 spiro atoms. The van der Waals surface area contributed by atoms with Crippen molar-refractivity contribution >= 4 is 35.2 Å². The molecule has 4 N–H and O–H groups in total. The minimum absolute atomic E-state index is 0.215. The number of carboxylic acids is 1. The highest BCUT2D eigenvalue weighted by Gasteiger charge is 2.38. The second-order valence-corrected chi connectivity index (χ2v) is 8.92. The van der Waals surface area contributed by atoms with Crippen LogP contribution in [0.25, 0.3) is 11.3 Å². The van der Waals surface area contributed by atoms with E-state index in [2.05, 4.69) is 20.1 Å². The minimum Gasteiger partial charge on any atom is -0.475 e. The molecule has 216 valence electrons. The number of nitrogens with zero attached hydrogens (tertiary/aromatic N) is 5. The molecule has 0 atom stereocenters. The Bertz CT molecular complexity index is 1420. The predicted octanol–water partition coefficient (Wildman–Crippen LogP) is 1.92. The van der Waals surface area contributed by atoms with Crippen LogP contribution in [0.3, 0.4) is 0 Å². The van der Waals surface area contributed by atoms with Crippen LogP contribution in [-0.2, 0) is 20.7 Å². The number of hydrogen-bond donors (Lipinski definition) is 3. The number of nitrogens with one attached hydrogen (secondary N) is 1. The van der Waals surface area contributed by atoms with Crippen LogP contribution in [0.5, 0.6) is 0 Å². The van der Waals surface area contributed by atoms with Crippen LogP contribution in [0.4, 0.5) is 30.6 Å². The van der Waals surface area contributed by atoms with Crippen LogP contribution in [0, 0.1) is 0 Å². The van der Waals surface area contributed by atoms with Crippen molar-refractivity contribution < 1.29 is 37.4 Å². The van der Waals surface area contributed by atoms with Crippen molar-refractivity contribution in [1.29, 1.82) is 0 Å². The van der Waals surface area contributed by atoms with Gasteiger partial charge in [-0.25, -0.2) is 9.78 Å². The van der Waals surface area contributed by atoms with Gasteiger partial charge in [0.25, 0.3) is 5.91 Å². The molecule has 1 aromatic carbocycles. The number of primary amides is 1. The lowest BCUT2D eigenvalue weighted by molar-refractivity contribution is -0.192. The lowest BCUT2D eigenvalue weighted by atomic mass is 10.0. The summed E-state index contributed by atoms with van der Waals surface area (Å²) < 4.78 is 37.2. The standard InChI is InChI=1S/C24H25N7O3.C2HF3O2/c25-20(32)15-27-23(33)17-4-1-3-16(13-17)21-19-6-8-31(18-5-2-7-26-14-18)22(19)29-24(28-21)30-9-11-34-12-10-30;3-2(4,5)1(6)7/h1-5,7,13-14H,6,8-12,15H2,(H2,25,32)(H,27,33);(H,6,7). The average molecular weight is 574 g/mol. The highest BCUT2D eigenvalue weighted by Crippen LogP contribution is 2.39. The number of carbonyl (C=O) groups excluding carboxylic acids is 2. The van der Waals surface area contributed by atoms with Crippen molar-refractivity contribution in [2.45, 2.75) is 12.6 Å². The maximum atomic E-state index is 12.5. The van der Waals surface area contributed by atoms with E-state index in [0.717, 1.165) is 41.3 Å². The van der Waals surface area contributed by atoms with Crippen molar-refractivity contribution in [2.75, 3.05) is 49.2 Å². The van der Waals surface area contributed by atoms with Crippen molar-refractivity contribution in [1.82, 2.24) is 20.3 Å². The van der Waals surface area contributed by atoms with E-state index in [1.165, 1.54) is 0 Å². The average Bonchev–Trinajstić information content (AvgIpc) is 3.40. The molecule has 0 unspecified atom stereocenters. The summed E-state index contributed by atoms with van der Waals surface area (Å²) in [4.78, 5) is 50.9. The largest absolute Gasteiger partial charge is 0.490 e. The van der Waals surface area contributed by atoms with Crippen LogP contribution in [0.2, 0.25) is 0 Å². The molecule has 15 heteroatoms. The molecule has 3 aromatic rings. The molecule has 2 aliphatic rings. The zero-order valence-electron chi connectivity index (χ0n) is 21.6. The number of alkyl halides is 3. The van der Waals surface area contributed by atoms with Gasteiger partial charge in [0, 0.05) is 42.5 Å². The summed E-state index contributed by atoms with van der Waals surface area (Å²) in [6.07, 6.45) is -0.740. The summed E-state index contributed by atoms with van der Waals surface area (Å²) >= 11 is 0. The van der Waals surface area contributed by atoms with Crippen molar-refractivity contribution in [3.8, 4) is 11.3 Å². The highest BCUT2D eigenvalue weighted by molar-refractivity contribution is 5.97. The molecule has 5 rings (SSSR count). The Balaban J connectivity index is 0.000000493. The first kappa shape index (κ1) is 29.2. The second-order valence-electron chi connectivity index (χ2n) is 8.92. The summed E-state index contributed by atoms with van der Waals surface area (Å²) in [6.45, 7) is 3.21. The van der Waals surface area contributed by atoms with Gasteiger partial charge in [-0.15, -0.1) is 0 Å². The van der Waals surface area contributed by atoms with E-state index in [9.17, 15) is 22.8 Å². The van der Waals surface area contributed by atoms with Gasteiger partial charge in [0.1, 0.15) is 5.82 Å². The van der Waals surface area contributed by atoms with Gasteiger partial charge < -0.3 is 30.7 Å². The fourth-order valence-corrected chi connectivity index (χ4v) is 4.23. The SMILES string of the molecule is NC(=O)CNC(=O)c1cccc(-c2nc(N3CCOCC3)nc3c2CCN3c2cccnc2)c1.O=C(O)C(F)(F)F. The third-order valence-corrected chi connectivity index (χ3v) is 6.13. The van der Waals surface area contributed by atoms with Gasteiger partial charge in [-0.2, -0.15) is 18.2 Å². The molecule has 0 radical (unpaired) electrons. The van der Waals surface area contributed by atoms with Crippen molar-refractivity contribution in [3.63, 3.8) is 0 Å². The van der Waals surface area contributed by atoms with E-state index in [4.69, 9.17) is 30.3 Å². The van der Waals surface area contributed by atoms with Gasteiger partial charge in [0.2, 0.25) is 11.9 Å². The maximum absolute atomic E-state index is 12.5. The first-order chi connectivity index (χ1) is 19.5. The molecule has 12 nitrogen and oxygen atoms in total. The van der Waals surface area contributed by atoms with Crippen LogP contribution in [0.1, 0.15) is 15.9 Å². The highest BCUT2D eigenvalue weighted by atomic mass is 19.4. The van der Waals surface area contributed by atoms with Gasteiger partial charge in [-0.3, -0.25) is 14.6 Å². The van der Waals surface area contributed by atoms with E-state index < -0.39 is 18.1 Å². The van der Waals surface area contributed by atoms with Crippen molar-refractivity contribution in [2.24, 2.45) is 5.73 Å². The maximum Gasteiger partial charge on any atom is 0.490 e. The lowest BCUT2D eigenvalue weighted by Gasteiger charge is -2.28. The summed E-state index contributed by atoms with van der Waals surface area (Å²) in [6, 6.07) is 11.2. The number of ether oxygens (including phenoxy) is 1. The molecule has 2 aromatic heterocycles. The quantitative estimate of drug-likeness (QED) is 0.397. The number of rotatable bonds is 6. The van der Waals surface area contributed by atoms with Gasteiger partial charge in [0.05, 0.1) is 37.3 Å². The second kappa shape index (κ2) is 12.6. The van der Waals surface area contributed by atoms with Crippen LogP contribution < -0.4 is 20.9 Å². The number of benzene rings is 1. The molecular weight excluding hydrogens is 547 g/mol. The third kappa shape index (κ3) is 7.25. The Kier molecular flexibility index (Phi) is 8.97. The number of hydrogen-bond acceptors (Lipinski definition) is 9. The fourth-order valence-electron chi connectivity index (χ4n) is 4.23. The Labute approximate surface area is 232 Å². The number of carbonyl (C=O) groups is 3. The normalized spacial score (nSPS) is 14.5. The monoisotopic (exact) mass is 573 g/mol. The lowest BCUT2D eigenvalue weighted by Crippen LogP contribution is -2.37. The Morgan fingerprint density at radius 3 is 2.44 bits per heavy atom. The summed E-state index contributed by atoms with van der Waals surface area (Å²) in [5.41, 5.74) is 9.19. The number of carboxylic acid groups (broad SMARTS) is 1. The minimum atomic E-state index is -5.08. The van der Waals surface area contributed by atoms with E-state index in [-0.39, 0.29) is 12.5 Å². The molecule has 2 amide bonds. The summed E-state index contributed by atoms with van der Waals surface area (Å²) in [7, 11) is 0. The number of nitrogens with two attached hydrogens (primary N) is 1. The number of halogens is 3. The molecule has 0 saturated carbocycles. The van der Waals surface area contributed by atoms with Gasteiger partial charge in [0.15, 0.2) is 0 Å². The third-order valence-electron chi connectivity index (χ3n) is 6.13. The number of amides is 2. The molecule has 41 heavy (non-hydrogen) atoms. The van der Waals surface area contributed by atoms with Crippen LogP contribution >= 0.6 is 0 Å². The topological polar surface area (TPSA) is 164 Å². The van der Waals surface area contributed by atoms with Crippen LogP contribution in [-0.4, -0.2) is 83.4 Å². The number of morpholine rings is 1. The smallest absolute Gasteiger partial charge is 0.475 e. The zero-order chi connectivity index (χ0) is 29.6. The van der Waals surface area contributed by atoms with E-state index in [1.807, 2.05) is 30.5 Å². The molecule has 0 bridgehead atoms. The number of aliphatic carboxylic acids is 1. The Morgan fingerprint density at radius 2 is 1.80 bits per heavy atom. The molecule has 1 fully saturated rings. The van der Waals surface area contributed by atoms with E-state index >= 15 is 0 Å². The number of pyridine rings is 1. The fraction of sp³-hybridized carbons (Fsp3) is 0.308. The summed E-state index contributed by atoms with van der Waals surface area (Å²) in [5, 5.41) is 9.66. The first-order valence-electron chi connectivity index (χ1n) is 12.4. The molecule has 1 saturated heterocycles. The zero-order valence-corrected chi connectivity index (χ0v) is 21.6.